The molecule has 4 rings (SSSR count). The number of nitrogens with two attached hydrogens (primary N) is 1. The summed E-state index contributed by atoms with van der Waals surface area (Å²) in [6, 6.07) is 11.4. The summed E-state index contributed by atoms with van der Waals surface area (Å²) in [5, 5.41) is 30.1. The Labute approximate surface area is 275 Å². The molecule has 0 saturated carbocycles. The lowest BCUT2D eigenvalue weighted by molar-refractivity contribution is -0.142. The van der Waals surface area contributed by atoms with Crippen molar-refractivity contribution in [3.63, 3.8) is 0 Å². The Hall–Kier alpha value is -3.63. The van der Waals surface area contributed by atoms with Gasteiger partial charge in [-0.1, -0.05) is 60.7 Å². The molecule has 2 aliphatic rings. The Morgan fingerprint density at radius 3 is 1.78 bits per heavy atom. The van der Waals surface area contributed by atoms with Gasteiger partial charge >= 0.3 is 11.9 Å². The summed E-state index contributed by atoms with van der Waals surface area (Å²) < 4.78 is -1.59. The highest BCUT2D eigenvalue weighted by Gasteiger charge is 2.51. The molecule has 0 aliphatic carbocycles. The third-order valence-corrected chi connectivity index (χ3v) is 11.1. The molecule has 15 heteroatoms. The zero-order chi connectivity index (χ0) is 34.0. The van der Waals surface area contributed by atoms with Gasteiger partial charge in [0.25, 0.3) is 5.91 Å². The Kier molecular flexibility index (Phi) is 10.7. The van der Waals surface area contributed by atoms with E-state index in [2.05, 4.69) is 21.3 Å². The maximum Gasteiger partial charge on any atom is 0.322 e. The number of aliphatic carboxylic acids is 2. The van der Waals surface area contributed by atoms with Crippen LogP contribution < -0.4 is 27.0 Å². The number of benzene rings is 2. The molecule has 3 unspecified atom stereocenters. The first-order chi connectivity index (χ1) is 21.5. The van der Waals surface area contributed by atoms with Crippen LogP contribution in [0.25, 0.3) is 0 Å². The number of carbonyl (C=O) groups excluding carboxylic acids is 3. The average Bonchev–Trinajstić information content (AvgIpc) is 3.52. The molecule has 2 aromatic rings. The van der Waals surface area contributed by atoms with Crippen molar-refractivity contribution in [2.75, 3.05) is 7.05 Å². The molecule has 8 N–H and O–H groups in total. The second-order valence-electron chi connectivity index (χ2n) is 12.3. The smallest absolute Gasteiger partial charge is 0.322 e. The lowest BCUT2D eigenvalue weighted by Crippen LogP contribution is -2.59. The van der Waals surface area contributed by atoms with Gasteiger partial charge in [0.2, 0.25) is 11.8 Å². The zero-order valence-electron chi connectivity index (χ0n) is 26.1. The van der Waals surface area contributed by atoms with Crippen molar-refractivity contribution in [1.82, 2.24) is 26.2 Å². The SMILES string of the molecule is CN(C(=O)[C@H](NC(=O)C(NC(=O)[C@H](N)c1ccccc1)C1N[C@@H](C(=O)O)C(C)(C)S1)c1ccccc1)C1N[C@@H](C(=O)O)C(C)(C)S1. The monoisotopic (exact) mass is 672 g/mol. The number of rotatable bonds is 11. The number of likely N-dealkylation sites (N-methyl/N-ethyl adjacent to an activating group) is 1. The van der Waals surface area contributed by atoms with Crippen LogP contribution in [0.4, 0.5) is 0 Å². The first-order valence-corrected chi connectivity index (χ1v) is 16.4. The van der Waals surface area contributed by atoms with Crippen LogP contribution in [0.5, 0.6) is 0 Å². The van der Waals surface area contributed by atoms with E-state index in [4.69, 9.17) is 5.73 Å². The van der Waals surface area contributed by atoms with Crippen LogP contribution in [0.15, 0.2) is 60.7 Å². The van der Waals surface area contributed by atoms with Crippen LogP contribution in [0, 0.1) is 0 Å². The molecule has 3 amide bonds. The number of amides is 3. The predicted molar refractivity (Wildman–Crippen MR) is 175 cm³/mol. The number of carboxylic acid groups (broad SMARTS) is 2. The van der Waals surface area contributed by atoms with Crippen LogP contribution in [-0.2, 0) is 24.0 Å². The number of carbonyl (C=O) groups is 5. The van der Waals surface area contributed by atoms with E-state index in [9.17, 15) is 34.2 Å². The fourth-order valence-electron chi connectivity index (χ4n) is 5.44. The minimum Gasteiger partial charge on any atom is -0.480 e. The zero-order valence-corrected chi connectivity index (χ0v) is 27.7. The van der Waals surface area contributed by atoms with E-state index >= 15 is 0 Å². The van der Waals surface area contributed by atoms with Crippen LogP contribution in [-0.4, -0.2) is 90.3 Å². The fourth-order valence-corrected chi connectivity index (χ4v) is 8.28. The van der Waals surface area contributed by atoms with Gasteiger partial charge in [0.1, 0.15) is 35.7 Å². The minimum absolute atomic E-state index is 0.451. The molecule has 0 spiro atoms. The van der Waals surface area contributed by atoms with Gasteiger partial charge in [-0.3, -0.25) is 34.6 Å². The molecular weight excluding hydrogens is 633 g/mol. The van der Waals surface area contributed by atoms with Gasteiger partial charge in [-0.25, -0.2) is 0 Å². The normalized spacial score (nSPS) is 25.1. The summed E-state index contributed by atoms with van der Waals surface area (Å²) in [5.41, 5.74) is 6.49. The molecular formula is C31H40N6O7S2. The largest absolute Gasteiger partial charge is 0.480 e. The molecule has 13 nitrogen and oxygen atoms in total. The van der Waals surface area contributed by atoms with Crippen molar-refractivity contribution in [3.8, 4) is 0 Å². The highest BCUT2D eigenvalue weighted by molar-refractivity contribution is 8.01. The number of nitrogens with one attached hydrogen (secondary N) is 4. The molecule has 2 aromatic carbocycles. The molecule has 0 bridgehead atoms. The first kappa shape index (κ1) is 35.2. The first-order valence-electron chi connectivity index (χ1n) is 14.6. The van der Waals surface area contributed by atoms with E-state index in [1.807, 2.05) is 0 Å². The summed E-state index contributed by atoms with van der Waals surface area (Å²) in [6.07, 6.45) is 0. The van der Waals surface area contributed by atoms with Crippen molar-refractivity contribution in [1.29, 1.82) is 0 Å². The third kappa shape index (κ3) is 7.66. The molecule has 248 valence electrons. The fraction of sp³-hybridized carbons (Fsp3) is 0.452. The molecule has 0 aromatic heterocycles. The predicted octanol–water partition coefficient (Wildman–Crippen LogP) is 1.23. The van der Waals surface area contributed by atoms with Gasteiger partial charge in [-0.15, -0.1) is 23.5 Å². The standard InChI is InChI=1S/C31H40N6O7S2/c1-30(2)21(27(41)42)35-25(45-30)20(34-23(38)18(32)16-12-8-6-9-13-16)24(39)33-19(17-14-10-7-11-15-17)26(40)37(5)29-36-22(28(43)44)31(3,4)46-29/h6-15,18-22,25,29,35-36H,32H2,1-5H3,(H,33,39)(H,34,38)(H,41,42)(H,43,44)/t18-,19-,20?,21+,22+,25?,29?/m1/s1. The Morgan fingerprint density at radius 1 is 0.783 bits per heavy atom. The van der Waals surface area contributed by atoms with Crippen LogP contribution in [0.1, 0.15) is 50.9 Å². The van der Waals surface area contributed by atoms with E-state index < -0.39 is 80.2 Å². The van der Waals surface area contributed by atoms with Gasteiger partial charge in [0.15, 0.2) is 0 Å². The number of hydrogen-bond acceptors (Lipinski definition) is 10. The van der Waals surface area contributed by atoms with E-state index in [-0.39, 0.29) is 0 Å². The van der Waals surface area contributed by atoms with Crippen molar-refractivity contribution < 1.29 is 34.2 Å². The molecule has 2 saturated heterocycles. The maximum absolute atomic E-state index is 14.2. The van der Waals surface area contributed by atoms with E-state index in [1.54, 1.807) is 88.4 Å². The Morgan fingerprint density at radius 2 is 1.28 bits per heavy atom. The van der Waals surface area contributed by atoms with E-state index in [1.165, 1.54) is 35.5 Å². The van der Waals surface area contributed by atoms with Crippen molar-refractivity contribution in [2.24, 2.45) is 5.73 Å². The molecule has 2 aliphatic heterocycles. The third-order valence-electron chi connectivity index (χ3n) is 8.06. The van der Waals surface area contributed by atoms with Crippen molar-refractivity contribution >= 4 is 53.2 Å². The van der Waals surface area contributed by atoms with E-state index in [0.717, 1.165) is 0 Å². The Bertz CT molecular complexity index is 1460. The van der Waals surface area contributed by atoms with Crippen LogP contribution in [0.2, 0.25) is 0 Å². The van der Waals surface area contributed by atoms with Gasteiger partial charge in [-0.2, -0.15) is 0 Å². The lowest BCUT2D eigenvalue weighted by atomic mass is 10.0. The van der Waals surface area contributed by atoms with Gasteiger partial charge in [0.05, 0.1) is 5.37 Å². The van der Waals surface area contributed by atoms with Crippen molar-refractivity contribution in [2.45, 2.75) is 78.3 Å². The minimum atomic E-state index is -1.34. The number of carboxylic acids is 2. The average molecular weight is 673 g/mol. The number of thioether (sulfide) groups is 2. The topological polar surface area (TPSA) is 203 Å². The van der Waals surface area contributed by atoms with Crippen molar-refractivity contribution in [3.05, 3.63) is 71.8 Å². The molecule has 7 atom stereocenters. The highest BCUT2D eigenvalue weighted by atomic mass is 32.2. The van der Waals surface area contributed by atoms with Crippen LogP contribution >= 0.6 is 23.5 Å². The summed E-state index contributed by atoms with van der Waals surface area (Å²) in [6.45, 7) is 6.98. The van der Waals surface area contributed by atoms with Crippen LogP contribution in [0.3, 0.4) is 0 Å². The molecule has 2 heterocycles. The summed E-state index contributed by atoms with van der Waals surface area (Å²) >= 11 is 2.45. The summed E-state index contributed by atoms with van der Waals surface area (Å²) in [7, 11) is 1.52. The van der Waals surface area contributed by atoms with Gasteiger partial charge in [0, 0.05) is 16.5 Å². The van der Waals surface area contributed by atoms with Gasteiger partial charge < -0.3 is 31.5 Å². The molecule has 2 fully saturated rings. The number of nitrogens with zero attached hydrogens (tertiary/aromatic N) is 1. The molecule has 46 heavy (non-hydrogen) atoms. The lowest BCUT2D eigenvalue weighted by Gasteiger charge is -2.31. The highest BCUT2D eigenvalue weighted by Crippen LogP contribution is 2.41. The quantitative estimate of drug-likeness (QED) is 0.180. The second kappa shape index (κ2) is 14.0. The maximum atomic E-state index is 14.2. The van der Waals surface area contributed by atoms with Gasteiger partial charge in [-0.05, 0) is 38.8 Å². The van der Waals surface area contributed by atoms with E-state index in [0.29, 0.717) is 11.1 Å². The number of hydrogen-bond donors (Lipinski definition) is 7. The Balaban J connectivity index is 1.64. The summed E-state index contributed by atoms with van der Waals surface area (Å²) in [5.74, 6) is -4.11. The summed E-state index contributed by atoms with van der Waals surface area (Å²) in [4.78, 5) is 66.9. The second-order valence-corrected chi connectivity index (χ2v) is 15.8. The molecule has 0 radical (unpaired) electrons.